The SMILES string of the molecule is CC1=Cc2c(F)c(Oc3ncnc(Nc4cc(-n5cnc(C)c5)cc(C(F)(F)F)c4)c3F)cc(F)c2C1. The smallest absolute Gasteiger partial charge is 0.416 e. The summed E-state index contributed by atoms with van der Waals surface area (Å²) >= 11 is 0. The van der Waals surface area contributed by atoms with Gasteiger partial charge in [0.1, 0.15) is 12.1 Å². The Hall–Kier alpha value is -4.35. The molecule has 190 valence electrons. The van der Waals surface area contributed by atoms with Gasteiger partial charge in [-0.3, -0.25) is 0 Å². The molecule has 0 spiro atoms. The lowest BCUT2D eigenvalue weighted by atomic mass is 10.1. The Labute approximate surface area is 206 Å². The molecule has 5 rings (SSSR count). The summed E-state index contributed by atoms with van der Waals surface area (Å²) < 4.78 is 91.8. The van der Waals surface area contributed by atoms with Crippen LogP contribution < -0.4 is 10.1 Å². The molecule has 2 heterocycles. The molecule has 0 amide bonds. The summed E-state index contributed by atoms with van der Waals surface area (Å²) in [5.41, 5.74) is 0.474. The summed E-state index contributed by atoms with van der Waals surface area (Å²) in [6, 6.07) is 3.82. The van der Waals surface area contributed by atoms with Crippen molar-refractivity contribution in [2.24, 2.45) is 0 Å². The topological polar surface area (TPSA) is 64.9 Å². The number of hydrogen-bond donors (Lipinski definition) is 1. The van der Waals surface area contributed by atoms with E-state index in [1.807, 2.05) is 0 Å². The van der Waals surface area contributed by atoms with Gasteiger partial charge in [0, 0.05) is 34.8 Å². The molecule has 4 aromatic rings. The molecular formula is C25H17F6N5O. The predicted octanol–water partition coefficient (Wildman–Crippen LogP) is 6.90. The lowest BCUT2D eigenvalue weighted by Gasteiger charge is -2.15. The van der Waals surface area contributed by atoms with Crippen molar-refractivity contribution in [2.75, 3.05) is 5.32 Å². The van der Waals surface area contributed by atoms with Gasteiger partial charge < -0.3 is 14.6 Å². The number of fused-ring (bicyclic) bond motifs is 1. The van der Waals surface area contributed by atoms with Gasteiger partial charge >= 0.3 is 6.18 Å². The highest BCUT2D eigenvalue weighted by Gasteiger charge is 2.32. The molecule has 0 aliphatic heterocycles. The van der Waals surface area contributed by atoms with Gasteiger partial charge in [0.2, 0.25) is 5.82 Å². The van der Waals surface area contributed by atoms with Crippen LogP contribution in [0.2, 0.25) is 0 Å². The van der Waals surface area contributed by atoms with Crippen LogP contribution in [0.5, 0.6) is 11.6 Å². The van der Waals surface area contributed by atoms with Crippen LogP contribution in [-0.2, 0) is 12.6 Å². The monoisotopic (exact) mass is 517 g/mol. The molecule has 2 aromatic heterocycles. The van der Waals surface area contributed by atoms with Gasteiger partial charge in [0.05, 0.1) is 17.6 Å². The normalized spacial score (nSPS) is 12.9. The zero-order valence-corrected chi connectivity index (χ0v) is 19.3. The Balaban J connectivity index is 1.49. The fraction of sp³-hybridized carbons (Fsp3) is 0.160. The van der Waals surface area contributed by atoms with E-state index in [0.29, 0.717) is 5.69 Å². The number of aromatic nitrogens is 4. The third-order valence-corrected chi connectivity index (χ3v) is 5.65. The molecule has 0 fully saturated rings. The fourth-order valence-corrected chi connectivity index (χ4v) is 3.95. The molecule has 0 saturated heterocycles. The van der Waals surface area contributed by atoms with Gasteiger partial charge in [-0.15, -0.1) is 0 Å². The number of halogens is 6. The van der Waals surface area contributed by atoms with Crippen LogP contribution in [0.25, 0.3) is 11.8 Å². The number of benzene rings is 2. The first kappa shape index (κ1) is 24.3. The molecule has 37 heavy (non-hydrogen) atoms. The van der Waals surface area contributed by atoms with Crippen molar-refractivity contribution in [3.05, 3.63) is 88.5 Å². The Morgan fingerprint density at radius 1 is 0.973 bits per heavy atom. The van der Waals surface area contributed by atoms with Crippen LogP contribution in [-0.4, -0.2) is 19.5 Å². The summed E-state index contributed by atoms with van der Waals surface area (Å²) in [7, 11) is 0. The first-order valence-electron chi connectivity index (χ1n) is 10.9. The molecule has 1 aliphatic rings. The molecule has 6 nitrogen and oxygen atoms in total. The molecule has 0 bridgehead atoms. The molecule has 1 N–H and O–H groups in total. The number of allylic oxidation sites excluding steroid dienone is 1. The second kappa shape index (κ2) is 8.95. The molecule has 0 radical (unpaired) electrons. The van der Waals surface area contributed by atoms with Gasteiger partial charge in [0.15, 0.2) is 17.4 Å². The Bertz CT molecular complexity index is 1560. The van der Waals surface area contributed by atoms with Crippen LogP contribution in [0.4, 0.5) is 37.8 Å². The molecule has 1 aliphatic carbocycles. The number of nitrogens with zero attached hydrogens (tertiary/aromatic N) is 4. The molecule has 2 aromatic carbocycles. The molecule has 12 heteroatoms. The lowest BCUT2D eigenvalue weighted by Crippen LogP contribution is -2.08. The number of nitrogens with one attached hydrogen (secondary N) is 1. The minimum Gasteiger partial charge on any atom is -0.433 e. The third kappa shape index (κ3) is 4.74. The second-order valence-electron chi connectivity index (χ2n) is 8.49. The van der Waals surface area contributed by atoms with E-state index in [4.69, 9.17) is 4.74 Å². The van der Waals surface area contributed by atoms with E-state index in [-0.39, 0.29) is 28.9 Å². The van der Waals surface area contributed by atoms with Crippen molar-refractivity contribution in [2.45, 2.75) is 26.4 Å². The lowest BCUT2D eigenvalue weighted by molar-refractivity contribution is -0.137. The number of alkyl halides is 3. The van der Waals surface area contributed by atoms with Crippen LogP contribution in [0.3, 0.4) is 0 Å². The average molecular weight is 517 g/mol. The van der Waals surface area contributed by atoms with Gasteiger partial charge in [0.25, 0.3) is 5.88 Å². The maximum atomic E-state index is 15.2. The van der Waals surface area contributed by atoms with Crippen molar-refractivity contribution >= 4 is 17.6 Å². The molecule has 0 saturated carbocycles. The van der Waals surface area contributed by atoms with Crippen LogP contribution >= 0.6 is 0 Å². The van der Waals surface area contributed by atoms with Gasteiger partial charge in [-0.05, 0) is 38.5 Å². The largest absolute Gasteiger partial charge is 0.433 e. The molecule has 0 atom stereocenters. The van der Waals surface area contributed by atoms with Gasteiger partial charge in [-0.1, -0.05) is 11.6 Å². The van der Waals surface area contributed by atoms with E-state index in [0.717, 1.165) is 30.1 Å². The minimum atomic E-state index is -4.69. The van der Waals surface area contributed by atoms with Gasteiger partial charge in [-0.25, -0.2) is 18.7 Å². The average Bonchev–Trinajstić information content (AvgIpc) is 3.45. The van der Waals surface area contributed by atoms with Crippen molar-refractivity contribution in [3.8, 4) is 17.3 Å². The highest BCUT2D eigenvalue weighted by Crippen LogP contribution is 2.38. The summed E-state index contributed by atoms with van der Waals surface area (Å²) in [5.74, 6) is -4.70. The van der Waals surface area contributed by atoms with E-state index >= 15 is 4.39 Å². The zero-order chi connectivity index (χ0) is 26.5. The van der Waals surface area contributed by atoms with E-state index in [9.17, 15) is 22.0 Å². The Kier molecular flexibility index (Phi) is 5.89. The summed E-state index contributed by atoms with van der Waals surface area (Å²) in [5, 5.41) is 2.48. The van der Waals surface area contributed by atoms with E-state index in [1.54, 1.807) is 13.8 Å². The summed E-state index contributed by atoms with van der Waals surface area (Å²) in [4.78, 5) is 11.4. The summed E-state index contributed by atoms with van der Waals surface area (Å²) in [6.45, 7) is 3.39. The van der Waals surface area contributed by atoms with Crippen molar-refractivity contribution in [1.82, 2.24) is 19.5 Å². The molecule has 0 unspecified atom stereocenters. The number of hydrogen-bond acceptors (Lipinski definition) is 5. The summed E-state index contributed by atoms with van der Waals surface area (Å²) in [6.07, 6.45) is 0.760. The Morgan fingerprint density at radius 3 is 2.46 bits per heavy atom. The highest BCUT2D eigenvalue weighted by atomic mass is 19.4. The maximum absolute atomic E-state index is 15.2. The number of anilines is 2. The first-order chi connectivity index (χ1) is 17.5. The second-order valence-corrected chi connectivity index (χ2v) is 8.49. The highest BCUT2D eigenvalue weighted by molar-refractivity contribution is 5.66. The fourth-order valence-electron chi connectivity index (χ4n) is 3.95. The van der Waals surface area contributed by atoms with Gasteiger partial charge in [-0.2, -0.15) is 22.5 Å². The molecular weight excluding hydrogens is 500 g/mol. The standard InChI is InChI=1S/C25H17F6N5O/c1-12-3-17-18(4-12)21(27)20(8-19(17)26)37-24-22(28)23(32-10-33-24)35-15-5-14(25(29,30)31)6-16(7-15)36-9-13(2)34-11-36/h4-11H,3H2,1-2H3,(H,32,33,35). The van der Waals surface area contributed by atoms with Crippen molar-refractivity contribution in [1.29, 1.82) is 0 Å². The van der Waals surface area contributed by atoms with Crippen molar-refractivity contribution < 1.29 is 31.1 Å². The van der Waals surface area contributed by atoms with Crippen molar-refractivity contribution in [3.63, 3.8) is 0 Å². The Morgan fingerprint density at radius 2 is 1.76 bits per heavy atom. The third-order valence-electron chi connectivity index (χ3n) is 5.65. The van der Waals surface area contributed by atoms with Crippen LogP contribution in [0.15, 0.2) is 48.7 Å². The number of ether oxygens (including phenoxy) is 1. The van der Waals surface area contributed by atoms with E-state index in [1.165, 1.54) is 29.2 Å². The van der Waals surface area contributed by atoms with E-state index < -0.39 is 46.6 Å². The number of rotatable bonds is 5. The quantitative estimate of drug-likeness (QED) is 0.292. The number of aryl methyl sites for hydroxylation is 1. The first-order valence-corrected chi connectivity index (χ1v) is 10.9. The van der Waals surface area contributed by atoms with Crippen LogP contribution in [0, 0.1) is 24.4 Å². The maximum Gasteiger partial charge on any atom is 0.416 e. The number of imidazole rings is 1. The van der Waals surface area contributed by atoms with Crippen LogP contribution in [0.1, 0.15) is 29.3 Å². The van der Waals surface area contributed by atoms with E-state index in [2.05, 4.69) is 20.3 Å². The predicted molar refractivity (Wildman–Crippen MR) is 122 cm³/mol. The minimum absolute atomic E-state index is 0.00606. The zero-order valence-electron chi connectivity index (χ0n) is 19.3.